The molecule has 3 N–H and O–H groups in total. The average Bonchev–Trinajstić information content (AvgIpc) is 3.89. The highest BCUT2D eigenvalue weighted by atomic mass is 19.1. The van der Waals surface area contributed by atoms with Crippen molar-refractivity contribution in [3.8, 4) is 0 Å². The topological polar surface area (TPSA) is 124 Å². The van der Waals surface area contributed by atoms with Gasteiger partial charge in [-0.05, 0) is 123 Å². The van der Waals surface area contributed by atoms with Crippen molar-refractivity contribution in [2.75, 3.05) is 42.9 Å². The maximum Gasteiger partial charge on any atom is 0.256 e. The van der Waals surface area contributed by atoms with Crippen LogP contribution in [0.3, 0.4) is 0 Å². The largest absolute Gasteiger partial charge is 0.374 e. The van der Waals surface area contributed by atoms with Gasteiger partial charge in [-0.3, -0.25) is 19.7 Å². The Balaban J connectivity index is 0.759. The first-order valence-electron chi connectivity index (χ1n) is 20.1. The van der Waals surface area contributed by atoms with Crippen LogP contribution in [0.4, 0.5) is 20.3 Å². The van der Waals surface area contributed by atoms with Crippen molar-refractivity contribution in [2.24, 2.45) is 0 Å². The third-order valence-corrected chi connectivity index (χ3v) is 11.7. The molecule has 5 heterocycles. The van der Waals surface area contributed by atoms with Crippen LogP contribution in [-0.2, 0) is 22.4 Å². The molecule has 3 aliphatic rings. The summed E-state index contributed by atoms with van der Waals surface area (Å²) in [7, 11) is 0. The van der Waals surface area contributed by atoms with Crippen LogP contribution < -0.4 is 20.9 Å². The van der Waals surface area contributed by atoms with Gasteiger partial charge >= 0.3 is 0 Å². The van der Waals surface area contributed by atoms with E-state index in [0.29, 0.717) is 60.9 Å². The van der Waals surface area contributed by atoms with Crippen LogP contribution in [0.15, 0.2) is 85.2 Å². The lowest BCUT2D eigenvalue weighted by atomic mass is 9.89. The molecule has 3 fully saturated rings. The molecule has 8 rings (SSSR count). The third kappa shape index (κ3) is 8.99. The Morgan fingerprint density at radius 2 is 1.65 bits per heavy atom. The second-order valence-electron chi connectivity index (χ2n) is 15.4. The molecule has 0 aliphatic carbocycles. The maximum absolute atomic E-state index is 14.7. The molecule has 57 heavy (non-hydrogen) atoms. The first kappa shape index (κ1) is 38.2. The molecule has 3 aliphatic heterocycles. The summed E-state index contributed by atoms with van der Waals surface area (Å²) in [4.78, 5) is 46.0. The smallest absolute Gasteiger partial charge is 0.256 e. The van der Waals surface area contributed by atoms with E-state index in [4.69, 9.17) is 4.98 Å². The van der Waals surface area contributed by atoms with E-state index in [1.165, 1.54) is 29.0 Å². The number of aryl methyl sites for hydroxylation is 1. The Kier molecular flexibility index (Phi) is 11.5. The van der Waals surface area contributed by atoms with Gasteiger partial charge in [0.2, 0.25) is 11.8 Å². The van der Waals surface area contributed by atoms with E-state index < -0.39 is 11.6 Å². The zero-order chi connectivity index (χ0) is 39.3. The van der Waals surface area contributed by atoms with Gasteiger partial charge < -0.3 is 20.4 Å². The number of rotatable bonds is 13. The number of amides is 3. The number of piperidine rings is 2. The highest BCUT2D eigenvalue weighted by Crippen LogP contribution is 2.37. The monoisotopic (exact) mass is 774 g/mol. The number of nitrogens with one attached hydrogen (secondary N) is 3. The van der Waals surface area contributed by atoms with E-state index >= 15 is 0 Å². The van der Waals surface area contributed by atoms with E-state index in [1.54, 1.807) is 16.8 Å². The predicted molar refractivity (Wildman–Crippen MR) is 214 cm³/mol. The van der Waals surface area contributed by atoms with Crippen LogP contribution in [0.2, 0.25) is 0 Å². The number of carbonyl (C=O) groups excluding carboxylic acids is 3. The Labute approximate surface area is 330 Å². The Morgan fingerprint density at radius 1 is 0.877 bits per heavy atom. The number of anilines is 2. The number of halogens is 2. The predicted octanol–water partition coefficient (Wildman–Crippen LogP) is 6.35. The van der Waals surface area contributed by atoms with Crippen LogP contribution in [0.5, 0.6) is 0 Å². The van der Waals surface area contributed by atoms with Crippen molar-refractivity contribution in [1.82, 2.24) is 30.1 Å². The molecule has 3 saturated heterocycles. The molecule has 3 aromatic carbocycles. The van der Waals surface area contributed by atoms with Gasteiger partial charge in [0.25, 0.3) is 5.91 Å². The number of nitrogens with zero attached hydrogens (tertiary/aromatic N) is 5. The number of benzene rings is 3. The summed E-state index contributed by atoms with van der Waals surface area (Å²) < 4.78 is 30.2. The summed E-state index contributed by atoms with van der Waals surface area (Å²) in [6.07, 6.45) is 10.5. The SMILES string of the molecule is O=C1CCC(Nc2ccc(C3CCN(CCc4ccc(CCCNC(=O)c5cnn6ccc(N7CCCC7c7cc(F)ccc7F)nc56)cc4)CC3)cc2)C(=O)N1. The van der Waals surface area contributed by atoms with Crippen molar-refractivity contribution in [3.63, 3.8) is 0 Å². The van der Waals surface area contributed by atoms with E-state index in [1.807, 2.05) is 17.0 Å². The van der Waals surface area contributed by atoms with Crippen molar-refractivity contribution >= 4 is 34.9 Å². The van der Waals surface area contributed by atoms with Crippen molar-refractivity contribution in [3.05, 3.63) is 125 Å². The summed E-state index contributed by atoms with van der Waals surface area (Å²) in [5.41, 5.74) is 5.87. The normalized spacial score (nSPS) is 19.2. The van der Waals surface area contributed by atoms with E-state index in [2.05, 4.69) is 62.3 Å². The number of aromatic nitrogens is 3. The molecular weight excluding hydrogens is 727 g/mol. The number of hydrogen-bond acceptors (Lipinski definition) is 8. The molecule has 11 nitrogen and oxygen atoms in total. The Morgan fingerprint density at radius 3 is 2.42 bits per heavy atom. The molecule has 0 saturated carbocycles. The van der Waals surface area contributed by atoms with Gasteiger partial charge in [-0.2, -0.15) is 5.10 Å². The first-order valence-corrected chi connectivity index (χ1v) is 20.1. The highest BCUT2D eigenvalue weighted by Gasteiger charge is 2.31. The minimum absolute atomic E-state index is 0.207. The van der Waals surface area contributed by atoms with Gasteiger partial charge in [0.15, 0.2) is 5.65 Å². The molecule has 0 spiro atoms. The quantitative estimate of drug-likeness (QED) is 0.0935. The fraction of sp³-hybridized carbons (Fsp3) is 0.386. The van der Waals surface area contributed by atoms with Crippen LogP contribution in [0, 0.1) is 11.6 Å². The Hall–Kier alpha value is -5.69. The molecule has 5 aromatic rings. The molecular formula is C44H48F2N8O3. The van der Waals surface area contributed by atoms with Gasteiger partial charge in [-0.1, -0.05) is 36.4 Å². The molecule has 13 heteroatoms. The van der Waals surface area contributed by atoms with Gasteiger partial charge in [0.05, 0.1) is 12.2 Å². The standard InChI is InChI=1S/C44H48F2N8O3/c45-33-11-14-37(46)35(27-33)39-4-2-22-53(39)40-20-26-54-42(50-40)36(28-48-54)43(56)47-21-1-3-29-5-7-30(8-6-29)17-23-52-24-18-32(19-25-52)31-9-12-34(13-10-31)49-38-15-16-41(55)51-44(38)57/h5-14,20,26-28,32,38-39,49H,1-4,15-19,21-25H2,(H,47,56)(H,51,55,57). The Bertz CT molecular complexity index is 2220. The molecule has 3 amide bonds. The molecule has 0 radical (unpaired) electrons. The average molecular weight is 775 g/mol. The summed E-state index contributed by atoms with van der Waals surface area (Å²) >= 11 is 0. The van der Waals surface area contributed by atoms with E-state index in [9.17, 15) is 23.2 Å². The van der Waals surface area contributed by atoms with Crippen LogP contribution in [0.1, 0.15) is 89.5 Å². The number of imide groups is 1. The minimum atomic E-state index is -0.474. The number of hydrogen-bond donors (Lipinski definition) is 3. The van der Waals surface area contributed by atoms with Gasteiger partial charge in [0.1, 0.15) is 29.1 Å². The lowest BCUT2D eigenvalue weighted by molar-refractivity contribution is -0.133. The van der Waals surface area contributed by atoms with E-state index in [0.717, 1.165) is 76.0 Å². The number of likely N-dealkylation sites (tertiary alicyclic amines) is 1. The van der Waals surface area contributed by atoms with Crippen molar-refractivity contribution in [1.29, 1.82) is 0 Å². The lowest BCUT2D eigenvalue weighted by Gasteiger charge is -2.32. The molecule has 0 bridgehead atoms. The summed E-state index contributed by atoms with van der Waals surface area (Å²) in [5.74, 6) is -0.511. The number of carbonyl (C=O) groups is 3. The zero-order valence-corrected chi connectivity index (χ0v) is 31.9. The van der Waals surface area contributed by atoms with Crippen LogP contribution in [0.25, 0.3) is 5.65 Å². The van der Waals surface area contributed by atoms with Crippen LogP contribution >= 0.6 is 0 Å². The molecule has 2 atom stereocenters. The van der Waals surface area contributed by atoms with Crippen molar-refractivity contribution < 1.29 is 23.2 Å². The lowest BCUT2D eigenvalue weighted by Crippen LogP contribution is -2.47. The molecule has 296 valence electrons. The maximum atomic E-state index is 14.7. The minimum Gasteiger partial charge on any atom is -0.374 e. The van der Waals surface area contributed by atoms with E-state index in [-0.39, 0.29) is 29.8 Å². The highest BCUT2D eigenvalue weighted by molar-refractivity contribution is 6.01. The molecule has 2 aromatic heterocycles. The summed E-state index contributed by atoms with van der Waals surface area (Å²) in [6, 6.07) is 21.8. The zero-order valence-electron chi connectivity index (χ0n) is 31.9. The van der Waals surface area contributed by atoms with Crippen LogP contribution in [-0.4, -0.2) is 76.0 Å². The molecule has 2 unspecified atom stereocenters. The summed E-state index contributed by atoms with van der Waals surface area (Å²) in [5, 5.41) is 13.0. The third-order valence-electron chi connectivity index (χ3n) is 11.7. The van der Waals surface area contributed by atoms with Gasteiger partial charge in [0, 0.05) is 43.5 Å². The fourth-order valence-corrected chi connectivity index (χ4v) is 8.44. The van der Waals surface area contributed by atoms with Crippen molar-refractivity contribution in [2.45, 2.75) is 75.8 Å². The summed E-state index contributed by atoms with van der Waals surface area (Å²) in [6.45, 7) is 4.30. The van der Waals surface area contributed by atoms with Gasteiger partial charge in [-0.15, -0.1) is 0 Å². The number of fused-ring (bicyclic) bond motifs is 1. The second kappa shape index (κ2) is 17.2. The fourth-order valence-electron chi connectivity index (χ4n) is 8.44. The van der Waals surface area contributed by atoms with Gasteiger partial charge in [-0.25, -0.2) is 18.3 Å². The second-order valence-corrected chi connectivity index (χ2v) is 15.4. The first-order chi connectivity index (χ1) is 27.8.